The summed E-state index contributed by atoms with van der Waals surface area (Å²) >= 11 is 3.23. The third-order valence-electron chi connectivity index (χ3n) is 2.97. The lowest BCUT2D eigenvalue weighted by Crippen LogP contribution is -2.03. The molecule has 0 aromatic heterocycles. The summed E-state index contributed by atoms with van der Waals surface area (Å²) in [7, 11) is 0. The molecule has 0 unspecified atom stereocenters. The van der Waals surface area contributed by atoms with Crippen molar-refractivity contribution in [3.05, 3.63) is 46.2 Å². The fraction of sp³-hybridized carbons (Fsp3) is 0.0714. The molecule has 20 heavy (non-hydrogen) atoms. The lowest BCUT2D eigenvalue weighted by atomic mass is 10.1. The molecule has 2 aromatic rings. The van der Waals surface area contributed by atoms with E-state index in [2.05, 4.69) is 21.2 Å². The molecule has 0 atom stereocenters. The van der Waals surface area contributed by atoms with E-state index < -0.39 is 0 Å². The predicted octanol–water partition coefficient (Wildman–Crippen LogP) is 3.46. The van der Waals surface area contributed by atoms with E-state index in [0.29, 0.717) is 33.8 Å². The molecule has 0 saturated carbocycles. The molecule has 1 amide bonds. The number of carbonyl (C=O) groups excluding carboxylic acids is 1. The number of nitrogens with one attached hydrogen (secondary N) is 1. The Balaban J connectivity index is 1.95. The van der Waals surface area contributed by atoms with Crippen LogP contribution in [0, 0.1) is 5.82 Å². The zero-order valence-corrected chi connectivity index (χ0v) is 11.8. The van der Waals surface area contributed by atoms with E-state index in [0.717, 1.165) is 5.56 Å². The average molecular weight is 337 g/mol. The van der Waals surface area contributed by atoms with Crippen LogP contribution in [0.5, 0.6) is 11.5 Å². The zero-order valence-electron chi connectivity index (χ0n) is 10.2. The summed E-state index contributed by atoms with van der Waals surface area (Å²) in [6.07, 6.45) is 0.320. The molecule has 0 aliphatic carbocycles. The third kappa shape index (κ3) is 2.34. The van der Waals surface area contributed by atoms with E-state index >= 15 is 0 Å². The molecule has 4 nitrogen and oxygen atoms in total. The van der Waals surface area contributed by atoms with Crippen molar-refractivity contribution in [1.29, 1.82) is 0 Å². The van der Waals surface area contributed by atoms with Gasteiger partial charge in [0, 0.05) is 11.8 Å². The maximum Gasteiger partial charge on any atom is 0.228 e. The normalized spacial score (nSPS) is 13.0. The van der Waals surface area contributed by atoms with Crippen molar-refractivity contribution in [3.8, 4) is 11.5 Å². The number of hydrogen-bond donors (Lipinski definition) is 2. The molecular formula is C14H10BrFN2O2. The van der Waals surface area contributed by atoms with Crippen LogP contribution in [0.3, 0.4) is 0 Å². The third-order valence-corrected chi connectivity index (χ3v) is 3.59. The van der Waals surface area contributed by atoms with Gasteiger partial charge < -0.3 is 15.8 Å². The molecule has 0 fully saturated rings. The number of nitrogen functional groups attached to an aromatic ring is 1. The molecule has 3 rings (SSSR count). The highest BCUT2D eigenvalue weighted by molar-refractivity contribution is 9.10. The fourth-order valence-corrected chi connectivity index (χ4v) is 2.47. The van der Waals surface area contributed by atoms with Gasteiger partial charge in [-0.2, -0.15) is 0 Å². The van der Waals surface area contributed by atoms with Gasteiger partial charge in [0.25, 0.3) is 0 Å². The van der Waals surface area contributed by atoms with Crippen LogP contribution >= 0.6 is 15.9 Å². The summed E-state index contributed by atoms with van der Waals surface area (Å²) in [5, 5.41) is 2.73. The Morgan fingerprint density at radius 3 is 2.80 bits per heavy atom. The number of nitrogens with two attached hydrogens (primary N) is 1. The monoisotopic (exact) mass is 336 g/mol. The molecule has 1 aliphatic rings. The molecule has 102 valence electrons. The van der Waals surface area contributed by atoms with E-state index in [9.17, 15) is 9.18 Å². The Morgan fingerprint density at radius 2 is 2.05 bits per heavy atom. The molecule has 0 bridgehead atoms. The number of anilines is 2. The average Bonchev–Trinajstić information content (AvgIpc) is 2.72. The minimum Gasteiger partial charge on any atom is -0.454 e. The van der Waals surface area contributed by atoms with Crippen molar-refractivity contribution in [3.63, 3.8) is 0 Å². The highest BCUT2D eigenvalue weighted by Gasteiger charge is 2.20. The summed E-state index contributed by atoms with van der Waals surface area (Å²) in [4.78, 5) is 11.3. The summed E-state index contributed by atoms with van der Waals surface area (Å²) in [5.74, 6) is 0.429. The summed E-state index contributed by atoms with van der Waals surface area (Å²) in [6.45, 7) is 0. The van der Waals surface area contributed by atoms with Crippen molar-refractivity contribution in [2.75, 3.05) is 11.1 Å². The minimum absolute atomic E-state index is 0.0699. The standard InChI is InChI=1S/C14H10BrFN2O2/c15-9-5-8(16)1-2-12(9)20-13-6-11-7(3-10(13)17)4-14(19)18-11/h1-3,5-6H,4,17H2,(H,18,19). The van der Waals surface area contributed by atoms with Gasteiger partial charge in [0.1, 0.15) is 11.6 Å². The van der Waals surface area contributed by atoms with Crippen LogP contribution in [0.2, 0.25) is 0 Å². The molecule has 0 spiro atoms. The largest absolute Gasteiger partial charge is 0.454 e. The summed E-state index contributed by atoms with van der Waals surface area (Å²) < 4.78 is 19.2. The smallest absolute Gasteiger partial charge is 0.228 e. The maximum absolute atomic E-state index is 13.0. The van der Waals surface area contributed by atoms with Gasteiger partial charge in [0.2, 0.25) is 5.91 Å². The number of halogens is 2. The van der Waals surface area contributed by atoms with E-state index in [-0.39, 0.29) is 11.7 Å². The number of hydrogen-bond acceptors (Lipinski definition) is 3. The lowest BCUT2D eigenvalue weighted by Gasteiger charge is -2.11. The van der Waals surface area contributed by atoms with Gasteiger partial charge >= 0.3 is 0 Å². The molecule has 0 radical (unpaired) electrons. The molecule has 1 aliphatic heterocycles. The molecule has 1 heterocycles. The summed E-state index contributed by atoms with van der Waals surface area (Å²) in [5.41, 5.74) is 7.88. The van der Waals surface area contributed by atoms with E-state index in [1.165, 1.54) is 18.2 Å². The zero-order chi connectivity index (χ0) is 14.3. The first-order chi connectivity index (χ1) is 9.52. The maximum atomic E-state index is 13.0. The second kappa shape index (κ2) is 4.79. The quantitative estimate of drug-likeness (QED) is 0.825. The van der Waals surface area contributed by atoms with E-state index in [1.54, 1.807) is 12.1 Å². The second-order valence-corrected chi connectivity index (χ2v) is 5.30. The van der Waals surface area contributed by atoms with Gasteiger partial charge in [-0.15, -0.1) is 0 Å². The number of amides is 1. The van der Waals surface area contributed by atoms with Crippen molar-refractivity contribution in [1.82, 2.24) is 0 Å². The number of carbonyl (C=O) groups is 1. The van der Waals surface area contributed by atoms with Crippen LogP contribution in [0.1, 0.15) is 5.56 Å². The van der Waals surface area contributed by atoms with Gasteiger partial charge in [-0.3, -0.25) is 4.79 Å². The number of benzene rings is 2. The van der Waals surface area contributed by atoms with Crippen LogP contribution < -0.4 is 15.8 Å². The van der Waals surface area contributed by atoms with Crippen molar-refractivity contribution in [2.45, 2.75) is 6.42 Å². The first-order valence-electron chi connectivity index (χ1n) is 5.88. The fourth-order valence-electron chi connectivity index (χ4n) is 2.04. The minimum atomic E-state index is -0.363. The van der Waals surface area contributed by atoms with Gasteiger partial charge in [0.15, 0.2) is 5.75 Å². The number of fused-ring (bicyclic) bond motifs is 1. The SMILES string of the molecule is Nc1cc2c(cc1Oc1ccc(F)cc1Br)NC(=O)C2. The molecule has 6 heteroatoms. The Morgan fingerprint density at radius 1 is 1.25 bits per heavy atom. The molecule has 3 N–H and O–H groups in total. The van der Waals surface area contributed by atoms with Crippen molar-refractivity contribution in [2.24, 2.45) is 0 Å². The van der Waals surface area contributed by atoms with Crippen LogP contribution in [0.15, 0.2) is 34.8 Å². The summed E-state index contributed by atoms with van der Waals surface area (Å²) in [6, 6.07) is 7.49. The highest BCUT2D eigenvalue weighted by atomic mass is 79.9. The van der Waals surface area contributed by atoms with Gasteiger partial charge in [-0.25, -0.2) is 4.39 Å². The molecule has 0 saturated heterocycles. The van der Waals surface area contributed by atoms with Crippen LogP contribution in [0.4, 0.5) is 15.8 Å². The first-order valence-corrected chi connectivity index (χ1v) is 6.67. The Labute approximate surface area is 122 Å². The topological polar surface area (TPSA) is 64.3 Å². The molecular weight excluding hydrogens is 327 g/mol. The van der Waals surface area contributed by atoms with Crippen molar-refractivity contribution < 1.29 is 13.9 Å². The Bertz CT molecular complexity index is 719. The first kappa shape index (κ1) is 12.9. The van der Waals surface area contributed by atoms with E-state index in [1.807, 2.05) is 0 Å². The van der Waals surface area contributed by atoms with Crippen LogP contribution in [0.25, 0.3) is 0 Å². The molecule has 2 aromatic carbocycles. The predicted molar refractivity (Wildman–Crippen MR) is 77.4 cm³/mol. The van der Waals surface area contributed by atoms with Crippen molar-refractivity contribution >= 4 is 33.2 Å². The highest BCUT2D eigenvalue weighted by Crippen LogP contribution is 2.37. The Kier molecular flexibility index (Phi) is 3.10. The van der Waals surface area contributed by atoms with Gasteiger partial charge in [-0.1, -0.05) is 0 Å². The van der Waals surface area contributed by atoms with Crippen LogP contribution in [-0.4, -0.2) is 5.91 Å². The van der Waals surface area contributed by atoms with Crippen LogP contribution in [-0.2, 0) is 11.2 Å². The second-order valence-electron chi connectivity index (χ2n) is 4.45. The number of ether oxygens (including phenoxy) is 1. The number of rotatable bonds is 2. The van der Waals surface area contributed by atoms with Gasteiger partial charge in [-0.05, 0) is 45.8 Å². The van der Waals surface area contributed by atoms with Gasteiger partial charge in [0.05, 0.1) is 16.6 Å². The Hall–Kier alpha value is -2.08. The lowest BCUT2D eigenvalue weighted by molar-refractivity contribution is -0.115. The van der Waals surface area contributed by atoms with E-state index in [4.69, 9.17) is 10.5 Å².